The minimum Gasteiger partial charge on any atom is -0.496 e. The fourth-order valence-corrected chi connectivity index (χ4v) is 4.58. The third-order valence-corrected chi connectivity index (χ3v) is 6.79. The molecule has 0 aliphatic heterocycles. The summed E-state index contributed by atoms with van der Waals surface area (Å²) >= 11 is 4.91. The van der Waals surface area contributed by atoms with Gasteiger partial charge in [0.2, 0.25) is 0 Å². The van der Waals surface area contributed by atoms with E-state index in [9.17, 15) is 13.2 Å². The molecular formula is C23H31N3O5S2. The van der Waals surface area contributed by atoms with Crippen LogP contribution in [0.3, 0.4) is 0 Å². The van der Waals surface area contributed by atoms with Gasteiger partial charge in [0.15, 0.2) is 5.11 Å². The minimum absolute atomic E-state index is 0.0267. The second-order valence-corrected chi connectivity index (χ2v) is 10.4. The fourth-order valence-electron chi connectivity index (χ4n) is 3.08. The number of nitrogens with one attached hydrogen (secondary N) is 3. The van der Waals surface area contributed by atoms with E-state index in [1.165, 1.54) is 27.3 Å². The Morgan fingerprint density at radius 2 is 1.70 bits per heavy atom. The average Bonchev–Trinajstić information content (AvgIpc) is 2.77. The maximum Gasteiger partial charge on any atom is 0.267 e. The van der Waals surface area contributed by atoms with Crippen LogP contribution in [0.2, 0.25) is 0 Å². The minimum atomic E-state index is -3.93. The summed E-state index contributed by atoms with van der Waals surface area (Å²) in [6.45, 7) is 6.57. The molecule has 0 aliphatic rings. The highest BCUT2D eigenvalue weighted by molar-refractivity contribution is 7.92. The van der Waals surface area contributed by atoms with Crippen molar-refractivity contribution in [3.8, 4) is 11.5 Å². The molecule has 0 aromatic heterocycles. The second kappa shape index (κ2) is 10.8. The highest BCUT2D eigenvalue weighted by atomic mass is 32.2. The predicted octanol–water partition coefficient (Wildman–Crippen LogP) is 2.76. The largest absolute Gasteiger partial charge is 0.496 e. The van der Waals surface area contributed by atoms with Gasteiger partial charge in [0.05, 0.1) is 19.8 Å². The van der Waals surface area contributed by atoms with Crippen molar-refractivity contribution in [2.24, 2.45) is 0 Å². The number of amides is 1. The molecule has 1 amide bonds. The molecule has 2 aromatic carbocycles. The topological polar surface area (TPSA) is 106 Å². The molecule has 0 radical (unpaired) electrons. The van der Waals surface area contributed by atoms with E-state index in [1.54, 1.807) is 18.2 Å². The lowest BCUT2D eigenvalue weighted by molar-refractivity contribution is 0.0951. The fraction of sp³-hybridized carbons (Fsp3) is 0.391. The van der Waals surface area contributed by atoms with Gasteiger partial charge in [-0.1, -0.05) is 32.9 Å². The highest BCUT2D eigenvalue weighted by Gasteiger charge is 2.22. The van der Waals surface area contributed by atoms with E-state index >= 15 is 0 Å². The van der Waals surface area contributed by atoms with Crippen LogP contribution in [0.4, 0.5) is 0 Å². The first-order chi connectivity index (χ1) is 15.4. The zero-order valence-corrected chi connectivity index (χ0v) is 21.4. The zero-order chi connectivity index (χ0) is 24.8. The van der Waals surface area contributed by atoms with Gasteiger partial charge in [-0.05, 0) is 59.4 Å². The Kier molecular flexibility index (Phi) is 8.68. The van der Waals surface area contributed by atoms with Crippen LogP contribution >= 0.6 is 12.2 Å². The summed E-state index contributed by atoms with van der Waals surface area (Å²) in [5, 5.41) is 5.40. The number of hydrogen-bond donors (Lipinski definition) is 3. The maximum absolute atomic E-state index is 12.7. The Balaban J connectivity index is 2.15. The molecule has 0 spiro atoms. The van der Waals surface area contributed by atoms with Crippen molar-refractivity contribution in [1.29, 1.82) is 0 Å². The Morgan fingerprint density at radius 1 is 1.03 bits per heavy atom. The van der Waals surface area contributed by atoms with Crippen molar-refractivity contribution >= 4 is 33.3 Å². The Labute approximate surface area is 201 Å². The highest BCUT2D eigenvalue weighted by Crippen LogP contribution is 2.29. The molecule has 180 valence electrons. The Morgan fingerprint density at radius 3 is 2.27 bits per heavy atom. The molecule has 0 saturated heterocycles. The summed E-state index contributed by atoms with van der Waals surface area (Å²) < 4.78 is 38.2. The molecule has 0 unspecified atom stereocenters. The van der Waals surface area contributed by atoms with Gasteiger partial charge in [0.25, 0.3) is 15.9 Å². The summed E-state index contributed by atoms with van der Waals surface area (Å²) in [7, 11) is 0.517. The normalized spacial score (nSPS) is 11.5. The van der Waals surface area contributed by atoms with E-state index < -0.39 is 10.0 Å². The van der Waals surface area contributed by atoms with Crippen LogP contribution in [-0.4, -0.2) is 47.2 Å². The third-order valence-electron chi connectivity index (χ3n) is 4.98. The SMILES string of the molecule is CNC(=S)NS(=O)(=O)c1cc(CCNC(=O)c2ccc(C(C)(C)C)cc2OC)ccc1OC. The number of hydrogen-bond acceptors (Lipinski definition) is 6. The molecule has 0 fully saturated rings. The molecule has 2 rings (SSSR count). The number of sulfonamides is 1. The van der Waals surface area contributed by atoms with Gasteiger partial charge in [-0.15, -0.1) is 0 Å². The zero-order valence-electron chi connectivity index (χ0n) is 19.7. The molecule has 3 N–H and O–H groups in total. The van der Waals surface area contributed by atoms with Gasteiger partial charge in [0.1, 0.15) is 16.4 Å². The van der Waals surface area contributed by atoms with E-state index in [2.05, 4.69) is 36.1 Å². The lowest BCUT2D eigenvalue weighted by Gasteiger charge is -2.20. The van der Waals surface area contributed by atoms with Crippen molar-refractivity contribution in [3.05, 3.63) is 53.1 Å². The van der Waals surface area contributed by atoms with Crippen LogP contribution in [0.25, 0.3) is 0 Å². The monoisotopic (exact) mass is 493 g/mol. The van der Waals surface area contributed by atoms with Crippen molar-refractivity contribution < 1.29 is 22.7 Å². The van der Waals surface area contributed by atoms with E-state index in [4.69, 9.17) is 21.7 Å². The molecule has 8 nitrogen and oxygen atoms in total. The number of methoxy groups -OCH3 is 2. The van der Waals surface area contributed by atoms with E-state index in [1.807, 2.05) is 12.1 Å². The van der Waals surface area contributed by atoms with Gasteiger partial charge >= 0.3 is 0 Å². The summed E-state index contributed by atoms with van der Waals surface area (Å²) in [5.41, 5.74) is 2.14. The summed E-state index contributed by atoms with van der Waals surface area (Å²) in [4.78, 5) is 12.7. The summed E-state index contributed by atoms with van der Waals surface area (Å²) in [5.74, 6) is 0.428. The van der Waals surface area contributed by atoms with E-state index in [0.29, 0.717) is 29.8 Å². The first-order valence-electron chi connectivity index (χ1n) is 10.3. The maximum atomic E-state index is 12.7. The van der Waals surface area contributed by atoms with Crippen LogP contribution in [0.15, 0.2) is 41.3 Å². The molecule has 2 aromatic rings. The molecule has 0 atom stereocenters. The molecular weight excluding hydrogens is 462 g/mol. The quantitative estimate of drug-likeness (QED) is 0.486. The molecule has 0 aliphatic carbocycles. The second-order valence-electron chi connectivity index (χ2n) is 8.34. The number of ether oxygens (including phenoxy) is 2. The third kappa shape index (κ3) is 6.82. The van der Waals surface area contributed by atoms with Gasteiger partial charge in [0, 0.05) is 13.6 Å². The van der Waals surface area contributed by atoms with Gasteiger partial charge in [-0.2, -0.15) is 0 Å². The number of rotatable bonds is 8. The van der Waals surface area contributed by atoms with Crippen LogP contribution < -0.4 is 24.8 Å². The van der Waals surface area contributed by atoms with E-state index in [0.717, 1.165) is 5.56 Å². The van der Waals surface area contributed by atoms with Gasteiger partial charge in [-0.25, -0.2) is 8.42 Å². The van der Waals surface area contributed by atoms with Crippen molar-refractivity contribution in [2.45, 2.75) is 37.5 Å². The standard InChI is InChI=1S/C23H31N3O5S2/c1-23(2,3)16-8-9-17(19(14-16)31-6)21(27)25-12-11-15-7-10-18(30-5)20(13-15)33(28,29)26-22(32)24-4/h7-10,13-14H,11-12H2,1-6H3,(H,25,27)(H2,24,26,32). The smallest absolute Gasteiger partial charge is 0.267 e. The first-order valence-corrected chi connectivity index (χ1v) is 12.2. The predicted molar refractivity (Wildman–Crippen MR) is 133 cm³/mol. The number of benzene rings is 2. The first kappa shape index (κ1) is 26.4. The molecule has 10 heteroatoms. The average molecular weight is 494 g/mol. The van der Waals surface area contributed by atoms with Crippen LogP contribution in [0.1, 0.15) is 42.3 Å². The Bertz CT molecular complexity index is 1130. The van der Waals surface area contributed by atoms with Crippen molar-refractivity contribution in [1.82, 2.24) is 15.4 Å². The summed E-state index contributed by atoms with van der Waals surface area (Å²) in [6, 6.07) is 10.4. The molecule has 0 heterocycles. The molecule has 33 heavy (non-hydrogen) atoms. The number of thiocarbonyl (C=S) groups is 1. The van der Waals surface area contributed by atoms with Crippen LogP contribution in [0, 0.1) is 0 Å². The molecule has 0 saturated carbocycles. The van der Waals surface area contributed by atoms with Crippen molar-refractivity contribution in [2.75, 3.05) is 27.8 Å². The van der Waals surface area contributed by atoms with Gasteiger partial charge < -0.3 is 20.1 Å². The lowest BCUT2D eigenvalue weighted by atomic mass is 9.86. The van der Waals surface area contributed by atoms with Crippen molar-refractivity contribution in [3.63, 3.8) is 0 Å². The summed E-state index contributed by atoms with van der Waals surface area (Å²) in [6.07, 6.45) is 0.414. The van der Waals surface area contributed by atoms with Gasteiger partial charge in [-0.3, -0.25) is 9.52 Å². The van der Waals surface area contributed by atoms with E-state index in [-0.39, 0.29) is 27.1 Å². The van der Waals surface area contributed by atoms with Crippen LogP contribution in [-0.2, 0) is 21.9 Å². The number of carbonyl (C=O) groups is 1. The van der Waals surface area contributed by atoms with Crippen LogP contribution in [0.5, 0.6) is 11.5 Å². The molecule has 0 bridgehead atoms. The number of carbonyl (C=O) groups excluding carboxylic acids is 1. The Hall–Kier alpha value is -2.85. The lowest BCUT2D eigenvalue weighted by Crippen LogP contribution is -2.37.